The van der Waals surface area contributed by atoms with Crippen LogP contribution in [0.3, 0.4) is 0 Å². The van der Waals surface area contributed by atoms with Gasteiger partial charge in [0.1, 0.15) is 5.82 Å². The highest BCUT2D eigenvalue weighted by Gasteiger charge is 2.04. The Morgan fingerprint density at radius 1 is 1.58 bits per heavy atom. The van der Waals surface area contributed by atoms with Crippen LogP contribution < -0.4 is 5.73 Å². The zero-order chi connectivity index (χ0) is 8.55. The number of nitrogens with zero attached hydrogens (tertiary/aromatic N) is 3. The Balaban J connectivity index is 2.82. The summed E-state index contributed by atoms with van der Waals surface area (Å²) in [6.45, 7) is 2.41. The lowest BCUT2D eigenvalue weighted by Gasteiger charge is -1.94. The number of aromatic nitrogens is 3. The Bertz CT molecular complexity index is 404. The van der Waals surface area contributed by atoms with Crippen LogP contribution in [0.25, 0.3) is 5.52 Å². The molecule has 0 unspecified atom stereocenters. The van der Waals surface area contributed by atoms with Crippen molar-refractivity contribution >= 4 is 5.52 Å². The quantitative estimate of drug-likeness (QED) is 0.664. The van der Waals surface area contributed by atoms with E-state index < -0.39 is 0 Å². The normalized spacial score (nSPS) is 10.8. The van der Waals surface area contributed by atoms with E-state index in [1.165, 1.54) is 0 Å². The van der Waals surface area contributed by atoms with E-state index >= 15 is 0 Å². The summed E-state index contributed by atoms with van der Waals surface area (Å²) < 4.78 is 1.96. The molecule has 0 aromatic carbocycles. The minimum absolute atomic E-state index is 0.457. The fourth-order valence-electron chi connectivity index (χ4n) is 1.30. The van der Waals surface area contributed by atoms with Gasteiger partial charge in [-0.3, -0.25) is 9.38 Å². The Labute approximate surface area is 70.1 Å². The summed E-state index contributed by atoms with van der Waals surface area (Å²) in [6.07, 6.45) is 5.40. The van der Waals surface area contributed by atoms with Gasteiger partial charge in [-0.25, -0.2) is 4.98 Å². The van der Waals surface area contributed by atoms with Crippen molar-refractivity contribution in [2.45, 2.75) is 13.5 Å². The van der Waals surface area contributed by atoms with Crippen LogP contribution in [0.4, 0.5) is 0 Å². The number of hydrogen-bond donors (Lipinski definition) is 1. The number of nitrogens with two attached hydrogens (primary N) is 1. The molecule has 0 saturated carbocycles. The average molecular weight is 162 g/mol. The van der Waals surface area contributed by atoms with Gasteiger partial charge >= 0.3 is 0 Å². The first-order chi connectivity index (χ1) is 5.83. The van der Waals surface area contributed by atoms with Gasteiger partial charge in [0, 0.05) is 12.4 Å². The van der Waals surface area contributed by atoms with E-state index in [4.69, 9.17) is 5.73 Å². The standard InChI is InChI=1S/C8H10N4/c1-6-7-5-10-2-3-12(7)8(4-9)11-6/h2-3,5H,4,9H2,1H3. The van der Waals surface area contributed by atoms with Crippen LogP contribution in [0.15, 0.2) is 18.6 Å². The Hall–Kier alpha value is -1.42. The molecule has 2 aromatic heterocycles. The van der Waals surface area contributed by atoms with Crippen molar-refractivity contribution in [3.8, 4) is 0 Å². The molecule has 2 N–H and O–H groups in total. The van der Waals surface area contributed by atoms with E-state index in [1.807, 2.05) is 17.5 Å². The molecule has 2 aromatic rings. The lowest BCUT2D eigenvalue weighted by Crippen LogP contribution is -2.02. The molecule has 0 spiro atoms. The molecule has 0 aliphatic carbocycles. The highest BCUT2D eigenvalue weighted by molar-refractivity contribution is 5.50. The first-order valence-electron chi connectivity index (χ1n) is 3.80. The third-order valence-electron chi connectivity index (χ3n) is 1.89. The summed E-state index contributed by atoms with van der Waals surface area (Å²) in [5.41, 5.74) is 7.53. The molecule has 12 heavy (non-hydrogen) atoms. The summed E-state index contributed by atoms with van der Waals surface area (Å²) in [5, 5.41) is 0. The third kappa shape index (κ3) is 0.887. The van der Waals surface area contributed by atoms with E-state index in [0.29, 0.717) is 6.54 Å². The summed E-state index contributed by atoms with van der Waals surface area (Å²) in [7, 11) is 0. The molecule has 0 aliphatic heterocycles. The molecule has 0 aliphatic rings. The van der Waals surface area contributed by atoms with Gasteiger partial charge in [0.05, 0.1) is 24.0 Å². The molecule has 62 valence electrons. The molecular weight excluding hydrogens is 152 g/mol. The number of hydrogen-bond acceptors (Lipinski definition) is 3. The van der Waals surface area contributed by atoms with E-state index in [0.717, 1.165) is 17.0 Å². The number of fused-ring (bicyclic) bond motifs is 1. The van der Waals surface area contributed by atoms with Gasteiger partial charge in [0.15, 0.2) is 0 Å². The molecular formula is C8H10N4. The van der Waals surface area contributed by atoms with Gasteiger partial charge in [0.2, 0.25) is 0 Å². The molecule has 4 nitrogen and oxygen atoms in total. The second kappa shape index (κ2) is 2.57. The molecule has 2 heterocycles. The maximum atomic E-state index is 5.53. The predicted octanol–water partition coefficient (Wildman–Crippen LogP) is 0.496. The zero-order valence-electron chi connectivity index (χ0n) is 6.86. The van der Waals surface area contributed by atoms with Crippen molar-refractivity contribution in [1.82, 2.24) is 14.4 Å². The van der Waals surface area contributed by atoms with Gasteiger partial charge in [0.25, 0.3) is 0 Å². The minimum atomic E-state index is 0.457. The van der Waals surface area contributed by atoms with E-state index in [-0.39, 0.29) is 0 Å². The van der Waals surface area contributed by atoms with Crippen LogP contribution in [0.1, 0.15) is 11.5 Å². The van der Waals surface area contributed by atoms with Gasteiger partial charge in [-0.2, -0.15) is 0 Å². The van der Waals surface area contributed by atoms with Crippen molar-refractivity contribution in [2.75, 3.05) is 0 Å². The lowest BCUT2D eigenvalue weighted by atomic mass is 10.4. The van der Waals surface area contributed by atoms with Crippen molar-refractivity contribution < 1.29 is 0 Å². The van der Waals surface area contributed by atoms with Crippen LogP contribution in [0.2, 0.25) is 0 Å². The maximum absolute atomic E-state index is 5.53. The number of aryl methyl sites for hydroxylation is 1. The molecule has 0 atom stereocenters. The fourth-order valence-corrected chi connectivity index (χ4v) is 1.30. The summed E-state index contributed by atoms with van der Waals surface area (Å²) >= 11 is 0. The molecule has 0 fully saturated rings. The highest BCUT2D eigenvalue weighted by Crippen LogP contribution is 2.09. The van der Waals surface area contributed by atoms with Gasteiger partial charge < -0.3 is 5.73 Å². The lowest BCUT2D eigenvalue weighted by molar-refractivity contribution is 0.895. The molecule has 0 amide bonds. The summed E-state index contributed by atoms with van der Waals surface area (Å²) in [6, 6.07) is 0. The Morgan fingerprint density at radius 3 is 3.17 bits per heavy atom. The van der Waals surface area contributed by atoms with Gasteiger partial charge in [-0.15, -0.1) is 0 Å². The second-order valence-corrected chi connectivity index (χ2v) is 2.65. The van der Waals surface area contributed by atoms with Crippen molar-refractivity contribution in [1.29, 1.82) is 0 Å². The first-order valence-corrected chi connectivity index (χ1v) is 3.80. The molecule has 4 heteroatoms. The monoisotopic (exact) mass is 162 g/mol. The molecule has 0 bridgehead atoms. The van der Waals surface area contributed by atoms with Crippen LogP contribution in [-0.4, -0.2) is 14.4 Å². The number of rotatable bonds is 1. The minimum Gasteiger partial charge on any atom is -0.324 e. The Kier molecular flexibility index (Phi) is 1.55. The van der Waals surface area contributed by atoms with Crippen LogP contribution in [-0.2, 0) is 6.54 Å². The van der Waals surface area contributed by atoms with Crippen LogP contribution >= 0.6 is 0 Å². The first kappa shape index (κ1) is 7.24. The van der Waals surface area contributed by atoms with Crippen molar-refractivity contribution in [2.24, 2.45) is 5.73 Å². The summed E-state index contributed by atoms with van der Waals surface area (Å²) in [4.78, 5) is 8.33. The number of imidazole rings is 1. The van der Waals surface area contributed by atoms with E-state index in [2.05, 4.69) is 9.97 Å². The van der Waals surface area contributed by atoms with Crippen LogP contribution in [0.5, 0.6) is 0 Å². The van der Waals surface area contributed by atoms with E-state index in [9.17, 15) is 0 Å². The molecule has 0 radical (unpaired) electrons. The average Bonchev–Trinajstić information content (AvgIpc) is 2.44. The zero-order valence-corrected chi connectivity index (χ0v) is 6.86. The van der Waals surface area contributed by atoms with Gasteiger partial charge in [-0.05, 0) is 6.92 Å². The van der Waals surface area contributed by atoms with Gasteiger partial charge in [-0.1, -0.05) is 0 Å². The Morgan fingerprint density at radius 2 is 2.42 bits per heavy atom. The van der Waals surface area contributed by atoms with Crippen LogP contribution in [0, 0.1) is 6.92 Å². The fraction of sp³-hybridized carbons (Fsp3) is 0.250. The highest BCUT2D eigenvalue weighted by atomic mass is 15.0. The largest absolute Gasteiger partial charge is 0.324 e. The molecule has 2 rings (SSSR count). The predicted molar refractivity (Wildman–Crippen MR) is 45.6 cm³/mol. The SMILES string of the molecule is Cc1nc(CN)n2ccncc12. The molecule has 0 saturated heterocycles. The van der Waals surface area contributed by atoms with Crippen molar-refractivity contribution in [3.05, 3.63) is 30.1 Å². The second-order valence-electron chi connectivity index (χ2n) is 2.65. The third-order valence-corrected chi connectivity index (χ3v) is 1.89. The smallest absolute Gasteiger partial charge is 0.127 e. The maximum Gasteiger partial charge on any atom is 0.127 e. The van der Waals surface area contributed by atoms with Crippen molar-refractivity contribution in [3.63, 3.8) is 0 Å². The topological polar surface area (TPSA) is 56.2 Å². The van der Waals surface area contributed by atoms with E-state index in [1.54, 1.807) is 12.4 Å². The summed E-state index contributed by atoms with van der Waals surface area (Å²) in [5.74, 6) is 0.880.